The standard InChI is InChI=1S/C21H31N3O2/c25-20(23-13-12-22-18-7-3-1-2-4-8-18)9-5-6-16-10-11-19-17(14-16)15-21(26)24-19/h10-11,14,18,22H,1-9,12-13,15H2,(H,23,25)(H,24,26). The van der Waals surface area contributed by atoms with Gasteiger partial charge in [0.25, 0.3) is 0 Å². The molecule has 26 heavy (non-hydrogen) atoms. The third kappa shape index (κ3) is 5.84. The lowest BCUT2D eigenvalue weighted by Crippen LogP contribution is -2.36. The number of carbonyl (C=O) groups is 2. The Morgan fingerprint density at radius 3 is 2.73 bits per heavy atom. The van der Waals surface area contributed by atoms with Gasteiger partial charge in [0, 0.05) is 31.2 Å². The van der Waals surface area contributed by atoms with E-state index < -0.39 is 0 Å². The first-order valence-electron chi connectivity index (χ1n) is 10.1. The molecular weight excluding hydrogens is 326 g/mol. The molecule has 0 spiro atoms. The second kappa shape index (κ2) is 9.72. The molecule has 1 fully saturated rings. The molecule has 2 aliphatic rings. The van der Waals surface area contributed by atoms with Crippen molar-refractivity contribution < 1.29 is 9.59 Å². The van der Waals surface area contributed by atoms with Crippen LogP contribution in [-0.2, 0) is 22.4 Å². The van der Waals surface area contributed by atoms with Crippen LogP contribution < -0.4 is 16.0 Å². The van der Waals surface area contributed by atoms with Crippen LogP contribution in [0.4, 0.5) is 5.69 Å². The van der Waals surface area contributed by atoms with Gasteiger partial charge in [-0.05, 0) is 42.9 Å². The first-order chi connectivity index (χ1) is 12.7. The highest BCUT2D eigenvalue weighted by Crippen LogP contribution is 2.24. The van der Waals surface area contributed by atoms with Gasteiger partial charge in [0.2, 0.25) is 11.8 Å². The fourth-order valence-electron chi connectivity index (χ4n) is 3.94. The van der Waals surface area contributed by atoms with Gasteiger partial charge < -0.3 is 16.0 Å². The van der Waals surface area contributed by atoms with Gasteiger partial charge in [0.05, 0.1) is 6.42 Å². The Morgan fingerprint density at radius 2 is 1.92 bits per heavy atom. The summed E-state index contributed by atoms with van der Waals surface area (Å²) in [7, 11) is 0. The summed E-state index contributed by atoms with van der Waals surface area (Å²) >= 11 is 0. The highest BCUT2D eigenvalue weighted by Gasteiger charge is 2.17. The predicted octanol–water partition coefficient (Wildman–Crippen LogP) is 2.93. The van der Waals surface area contributed by atoms with E-state index in [1.807, 2.05) is 12.1 Å². The molecule has 0 atom stereocenters. The SMILES string of the molecule is O=C(CCCc1ccc2c(c1)CC(=O)N2)NCCNC1CCCCCC1. The molecule has 5 heteroatoms. The summed E-state index contributed by atoms with van der Waals surface area (Å²) in [4.78, 5) is 23.4. The van der Waals surface area contributed by atoms with Crippen molar-refractivity contribution in [3.05, 3.63) is 29.3 Å². The van der Waals surface area contributed by atoms with Crippen LogP contribution in [0, 0.1) is 0 Å². The number of benzene rings is 1. The summed E-state index contributed by atoms with van der Waals surface area (Å²) in [5.74, 6) is 0.194. The normalized spacial score (nSPS) is 17.5. The Hall–Kier alpha value is -1.88. The second-order valence-electron chi connectivity index (χ2n) is 7.56. The Labute approximate surface area is 156 Å². The van der Waals surface area contributed by atoms with Crippen LogP contribution in [0.5, 0.6) is 0 Å². The third-order valence-corrected chi connectivity index (χ3v) is 5.40. The van der Waals surface area contributed by atoms with Crippen LogP contribution in [0.3, 0.4) is 0 Å². The van der Waals surface area contributed by atoms with E-state index in [-0.39, 0.29) is 11.8 Å². The molecule has 1 aliphatic heterocycles. The average molecular weight is 357 g/mol. The van der Waals surface area contributed by atoms with E-state index in [9.17, 15) is 9.59 Å². The van der Waals surface area contributed by atoms with Crippen molar-refractivity contribution in [3.63, 3.8) is 0 Å². The minimum Gasteiger partial charge on any atom is -0.355 e. The smallest absolute Gasteiger partial charge is 0.228 e. The number of hydrogen-bond donors (Lipinski definition) is 3. The monoisotopic (exact) mass is 357 g/mol. The van der Waals surface area contributed by atoms with E-state index in [0.717, 1.165) is 30.6 Å². The van der Waals surface area contributed by atoms with Gasteiger partial charge in [-0.2, -0.15) is 0 Å². The zero-order valence-corrected chi connectivity index (χ0v) is 15.6. The van der Waals surface area contributed by atoms with Gasteiger partial charge in [-0.1, -0.05) is 37.8 Å². The van der Waals surface area contributed by atoms with Gasteiger partial charge in [0.1, 0.15) is 0 Å². The lowest BCUT2D eigenvalue weighted by molar-refractivity contribution is -0.121. The van der Waals surface area contributed by atoms with Crippen LogP contribution in [0.25, 0.3) is 0 Å². The molecule has 3 rings (SSSR count). The van der Waals surface area contributed by atoms with Crippen molar-refractivity contribution in [2.45, 2.75) is 70.3 Å². The topological polar surface area (TPSA) is 70.2 Å². The number of fused-ring (bicyclic) bond motifs is 1. The molecule has 1 heterocycles. The summed E-state index contributed by atoms with van der Waals surface area (Å²) in [5, 5.41) is 9.44. The van der Waals surface area contributed by atoms with E-state index in [1.54, 1.807) is 0 Å². The molecule has 1 saturated carbocycles. The van der Waals surface area contributed by atoms with E-state index in [4.69, 9.17) is 0 Å². The molecular formula is C21H31N3O2. The molecule has 0 aromatic heterocycles. The predicted molar refractivity (Wildman–Crippen MR) is 104 cm³/mol. The number of anilines is 1. The van der Waals surface area contributed by atoms with Gasteiger partial charge in [-0.25, -0.2) is 0 Å². The first-order valence-corrected chi connectivity index (χ1v) is 10.1. The zero-order chi connectivity index (χ0) is 18.2. The summed E-state index contributed by atoms with van der Waals surface area (Å²) in [6, 6.07) is 6.73. The molecule has 0 unspecified atom stereocenters. The number of aryl methyl sites for hydroxylation is 1. The number of hydrogen-bond acceptors (Lipinski definition) is 3. The van der Waals surface area contributed by atoms with E-state index in [0.29, 0.717) is 25.4 Å². The molecule has 1 aromatic rings. The Morgan fingerprint density at radius 1 is 1.12 bits per heavy atom. The molecule has 1 aromatic carbocycles. The van der Waals surface area contributed by atoms with Gasteiger partial charge in [-0.3, -0.25) is 9.59 Å². The van der Waals surface area contributed by atoms with Crippen molar-refractivity contribution >= 4 is 17.5 Å². The van der Waals surface area contributed by atoms with Crippen molar-refractivity contribution in [1.29, 1.82) is 0 Å². The quantitative estimate of drug-likeness (QED) is 0.495. The molecule has 142 valence electrons. The van der Waals surface area contributed by atoms with E-state index >= 15 is 0 Å². The number of rotatable bonds is 8. The van der Waals surface area contributed by atoms with Crippen LogP contribution in [0.1, 0.15) is 62.5 Å². The summed E-state index contributed by atoms with van der Waals surface area (Å²) < 4.78 is 0. The summed E-state index contributed by atoms with van der Waals surface area (Å²) in [6.07, 6.45) is 10.7. The van der Waals surface area contributed by atoms with Crippen molar-refractivity contribution in [1.82, 2.24) is 10.6 Å². The molecule has 1 aliphatic carbocycles. The largest absolute Gasteiger partial charge is 0.355 e. The average Bonchev–Trinajstić information content (AvgIpc) is 2.81. The molecule has 3 N–H and O–H groups in total. The minimum absolute atomic E-state index is 0.0639. The second-order valence-corrected chi connectivity index (χ2v) is 7.56. The number of amides is 2. The Kier molecular flexibility index (Phi) is 7.06. The third-order valence-electron chi connectivity index (χ3n) is 5.40. The molecule has 0 saturated heterocycles. The Balaban J connectivity index is 1.27. The maximum atomic E-state index is 12.0. The van der Waals surface area contributed by atoms with E-state index in [1.165, 1.54) is 44.1 Å². The van der Waals surface area contributed by atoms with Crippen LogP contribution >= 0.6 is 0 Å². The van der Waals surface area contributed by atoms with Gasteiger partial charge >= 0.3 is 0 Å². The van der Waals surface area contributed by atoms with Crippen molar-refractivity contribution in [2.24, 2.45) is 0 Å². The van der Waals surface area contributed by atoms with Crippen molar-refractivity contribution in [3.8, 4) is 0 Å². The van der Waals surface area contributed by atoms with Crippen molar-refractivity contribution in [2.75, 3.05) is 18.4 Å². The van der Waals surface area contributed by atoms with E-state index in [2.05, 4.69) is 22.0 Å². The maximum Gasteiger partial charge on any atom is 0.228 e. The zero-order valence-electron chi connectivity index (χ0n) is 15.6. The minimum atomic E-state index is 0.0639. The first kappa shape index (κ1) is 18.9. The molecule has 0 bridgehead atoms. The van der Waals surface area contributed by atoms with Crippen LogP contribution in [-0.4, -0.2) is 30.9 Å². The molecule has 5 nitrogen and oxygen atoms in total. The fraction of sp³-hybridized carbons (Fsp3) is 0.619. The lowest BCUT2D eigenvalue weighted by Gasteiger charge is -2.16. The Bertz CT molecular complexity index is 622. The maximum absolute atomic E-state index is 12.0. The van der Waals surface area contributed by atoms with Gasteiger partial charge in [0.15, 0.2) is 0 Å². The van der Waals surface area contributed by atoms with Crippen LogP contribution in [0.2, 0.25) is 0 Å². The molecule has 0 radical (unpaired) electrons. The summed E-state index contributed by atoms with van der Waals surface area (Å²) in [5.41, 5.74) is 3.20. The number of nitrogens with one attached hydrogen (secondary N) is 3. The highest BCUT2D eigenvalue weighted by molar-refractivity contribution is 5.99. The molecule has 2 amide bonds. The number of carbonyl (C=O) groups excluding carboxylic acids is 2. The van der Waals surface area contributed by atoms with Gasteiger partial charge in [-0.15, -0.1) is 0 Å². The summed E-state index contributed by atoms with van der Waals surface area (Å²) in [6.45, 7) is 1.57. The fourth-order valence-corrected chi connectivity index (χ4v) is 3.94. The van der Waals surface area contributed by atoms with Crippen LogP contribution in [0.15, 0.2) is 18.2 Å². The lowest BCUT2D eigenvalue weighted by atomic mass is 10.0. The highest BCUT2D eigenvalue weighted by atomic mass is 16.2.